The zero-order chi connectivity index (χ0) is 18.7. The Kier molecular flexibility index (Phi) is 5.64. The summed E-state index contributed by atoms with van der Waals surface area (Å²) in [6.07, 6.45) is -1.03. The van der Waals surface area contributed by atoms with Crippen LogP contribution in [0.5, 0.6) is 0 Å². The van der Waals surface area contributed by atoms with Crippen LogP contribution < -0.4 is 5.32 Å². The molecule has 1 aromatic carbocycles. The van der Waals surface area contributed by atoms with Gasteiger partial charge in [0.1, 0.15) is 5.69 Å². The van der Waals surface area contributed by atoms with Crippen molar-refractivity contribution in [3.8, 4) is 0 Å². The quantitative estimate of drug-likeness (QED) is 0.627. The van der Waals surface area contributed by atoms with E-state index in [4.69, 9.17) is 16.3 Å². The Balaban J connectivity index is 2.10. The SMILES string of the molecule is CC(=O)c1c(C)[nH]c(C(=O)O[C@H](C)C(=O)Nc2ccccc2Cl)c1C. The molecule has 2 N–H and O–H groups in total. The lowest BCUT2D eigenvalue weighted by atomic mass is 10.1. The number of benzene rings is 1. The van der Waals surface area contributed by atoms with Crippen molar-refractivity contribution in [3.05, 3.63) is 51.8 Å². The van der Waals surface area contributed by atoms with Gasteiger partial charge in [-0.2, -0.15) is 0 Å². The standard InChI is InChI=1S/C18H19ClN2O4/c1-9-15(11(3)22)10(2)20-16(9)18(24)25-12(4)17(23)21-14-8-6-5-7-13(14)19/h5-8,12,20H,1-4H3,(H,21,23)/t12-/m1/s1. The average molecular weight is 363 g/mol. The molecule has 2 rings (SSSR count). The number of aryl methyl sites for hydroxylation is 1. The van der Waals surface area contributed by atoms with Crippen molar-refractivity contribution < 1.29 is 19.1 Å². The maximum atomic E-state index is 12.3. The average Bonchev–Trinajstić information content (AvgIpc) is 2.84. The zero-order valence-electron chi connectivity index (χ0n) is 14.4. The van der Waals surface area contributed by atoms with Crippen LogP contribution in [0.3, 0.4) is 0 Å². The fraction of sp³-hybridized carbons (Fsp3) is 0.278. The van der Waals surface area contributed by atoms with Crippen LogP contribution in [0.2, 0.25) is 5.02 Å². The summed E-state index contributed by atoms with van der Waals surface area (Å²) >= 11 is 5.99. The molecule has 7 heteroatoms. The van der Waals surface area contributed by atoms with Gasteiger partial charge in [-0.1, -0.05) is 23.7 Å². The van der Waals surface area contributed by atoms with E-state index in [1.165, 1.54) is 13.8 Å². The van der Waals surface area contributed by atoms with E-state index in [0.717, 1.165) is 0 Å². The van der Waals surface area contributed by atoms with Crippen LogP contribution in [-0.4, -0.2) is 28.7 Å². The van der Waals surface area contributed by atoms with Gasteiger partial charge in [0.2, 0.25) is 0 Å². The lowest BCUT2D eigenvalue weighted by Gasteiger charge is -2.14. The molecule has 0 fully saturated rings. The Labute approximate surface area is 150 Å². The second-order valence-electron chi connectivity index (χ2n) is 5.70. The van der Waals surface area contributed by atoms with Crippen LogP contribution in [0, 0.1) is 13.8 Å². The molecular weight excluding hydrogens is 344 g/mol. The van der Waals surface area contributed by atoms with E-state index in [0.29, 0.717) is 27.5 Å². The number of carbonyl (C=O) groups is 3. The maximum absolute atomic E-state index is 12.3. The number of amides is 1. The molecule has 0 saturated carbocycles. The number of hydrogen-bond donors (Lipinski definition) is 2. The molecule has 25 heavy (non-hydrogen) atoms. The van der Waals surface area contributed by atoms with E-state index in [9.17, 15) is 14.4 Å². The monoisotopic (exact) mass is 362 g/mol. The molecule has 0 bridgehead atoms. The molecule has 1 aromatic heterocycles. The van der Waals surface area contributed by atoms with Gasteiger partial charge in [-0.3, -0.25) is 9.59 Å². The fourth-order valence-electron chi connectivity index (χ4n) is 2.55. The lowest BCUT2D eigenvalue weighted by Crippen LogP contribution is -2.30. The number of carbonyl (C=O) groups excluding carboxylic acids is 3. The number of esters is 1. The van der Waals surface area contributed by atoms with Crippen LogP contribution >= 0.6 is 11.6 Å². The van der Waals surface area contributed by atoms with E-state index in [2.05, 4.69) is 10.3 Å². The fourth-order valence-corrected chi connectivity index (χ4v) is 2.74. The summed E-state index contributed by atoms with van der Waals surface area (Å²) in [4.78, 5) is 39.0. The first kappa shape index (κ1) is 18.7. The topological polar surface area (TPSA) is 88.3 Å². The summed E-state index contributed by atoms with van der Waals surface area (Å²) in [5.41, 5.74) is 2.15. The Morgan fingerprint density at radius 3 is 2.40 bits per heavy atom. The van der Waals surface area contributed by atoms with Crippen molar-refractivity contribution in [2.24, 2.45) is 0 Å². The first-order valence-corrected chi connectivity index (χ1v) is 8.06. The minimum Gasteiger partial charge on any atom is -0.448 e. The van der Waals surface area contributed by atoms with Crippen LogP contribution in [-0.2, 0) is 9.53 Å². The van der Waals surface area contributed by atoms with Gasteiger partial charge in [0.15, 0.2) is 11.9 Å². The van der Waals surface area contributed by atoms with Crippen molar-refractivity contribution in [2.45, 2.75) is 33.8 Å². The highest BCUT2D eigenvalue weighted by atomic mass is 35.5. The molecule has 1 atom stereocenters. The molecule has 0 unspecified atom stereocenters. The second kappa shape index (κ2) is 7.53. The molecule has 0 aliphatic carbocycles. The Morgan fingerprint density at radius 1 is 1.20 bits per heavy atom. The molecule has 2 aromatic rings. The molecule has 0 radical (unpaired) electrons. The summed E-state index contributed by atoms with van der Waals surface area (Å²) in [7, 11) is 0. The van der Waals surface area contributed by atoms with E-state index in [1.54, 1.807) is 38.1 Å². The Hall–Kier alpha value is -2.60. The lowest BCUT2D eigenvalue weighted by molar-refractivity contribution is -0.123. The number of aromatic amines is 1. The van der Waals surface area contributed by atoms with Gasteiger partial charge >= 0.3 is 5.97 Å². The van der Waals surface area contributed by atoms with E-state index < -0.39 is 18.0 Å². The third-order valence-electron chi connectivity index (χ3n) is 3.78. The molecule has 0 aliphatic heterocycles. The number of H-pyrrole nitrogens is 1. The minimum atomic E-state index is -1.03. The van der Waals surface area contributed by atoms with E-state index >= 15 is 0 Å². The molecule has 1 amide bonds. The number of hydrogen-bond acceptors (Lipinski definition) is 4. The number of Topliss-reactive ketones (excluding diaryl/α,β-unsaturated/α-hetero) is 1. The van der Waals surface area contributed by atoms with Crippen LogP contribution in [0.25, 0.3) is 0 Å². The van der Waals surface area contributed by atoms with Crippen molar-refractivity contribution in [1.82, 2.24) is 4.98 Å². The smallest absolute Gasteiger partial charge is 0.355 e. The zero-order valence-corrected chi connectivity index (χ0v) is 15.2. The third-order valence-corrected chi connectivity index (χ3v) is 4.11. The number of rotatable bonds is 5. The van der Waals surface area contributed by atoms with Crippen LogP contribution in [0.4, 0.5) is 5.69 Å². The normalized spacial score (nSPS) is 11.7. The number of aromatic nitrogens is 1. The number of ether oxygens (including phenoxy) is 1. The van der Waals surface area contributed by atoms with Gasteiger partial charge in [0, 0.05) is 11.3 Å². The van der Waals surface area contributed by atoms with Gasteiger partial charge in [-0.25, -0.2) is 4.79 Å². The molecule has 0 aliphatic rings. The molecule has 6 nitrogen and oxygen atoms in total. The highest BCUT2D eigenvalue weighted by Gasteiger charge is 2.24. The highest BCUT2D eigenvalue weighted by Crippen LogP contribution is 2.22. The maximum Gasteiger partial charge on any atom is 0.355 e. The van der Waals surface area contributed by atoms with E-state index in [1.807, 2.05) is 0 Å². The molecular formula is C18H19ClN2O4. The summed E-state index contributed by atoms with van der Waals surface area (Å²) in [5, 5.41) is 2.99. The van der Waals surface area contributed by atoms with Gasteiger partial charge in [-0.15, -0.1) is 0 Å². The molecule has 1 heterocycles. The van der Waals surface area contributed by atoms with Gasteiger partial charge in [0.25, 0.3) is 5.91 Å². The number of ketones is 1. The number of anilines is 1. The number of para-hydroxylation sites is 1. The molecule has 132 valence electrons. The van der Waals surface area contributed by atoms with Crippen molar-refractivity contribution >= 4 is 34.9 Å². The first-order valence-electron chi connectivity index (χ1n) is 7.68. The largest absolute Gasteiger partial charge is 0.448 e. The van der Waals surface area contributed by atoms with Gasteiger partial charge in [0.05, 0.1) is 10.7 Å². The molecule has 0 saturated heterocycles. The predicted molar refractivity (Wildman–Crippen MR) is 95.2 cm³/mol. The number of halogens is 1. The Morgan fingerprint density at radius 2 is 1.84 bits per heavy atom. The second-order valence-corrected chi connectivity index (χ2v) is 6.11. The van der Waals surface area contributed by atoms with Crippen molar-refractivity contribution in [3.63, 3.8) is 0 Å². The summed E-state index contributed by atoms with van der Waals surface area (Å²) in [6, 6.07) is 6.76. The number of nitrogens with one attached hydrogen (secondary N) is 2. The minimum absolute atomic E-state index is 0.144. The summed E-state index contributed by atoms with van der Waals surface area (Å²) in [5.74, 6) is -1.35. The summed E-state index contributed by atoms with van der Waals surface area (Å²) < 4.78 is 5.20. The summed E-state index contributed by atoms with van der Waals surface area (Å²) in [6.45, 7) is 6.25. The van der Waals surface area contributed by atoms with Crippen molar-refractivity contribution in [2.75, 3.05) is 5.32 Å². The predicted octanol–water partition coefficient (Wildman–Crippen LogP) is 3.67. The highest BCUT2D eigenvalue weighted by molar-refractivity contribution is 6.33. The Bertz CT molecular complexity index is 842. The molecule has 0 spiro atoms. The van der Waals surface area contributed by atoms with Crippen LogP contribution in [0.1, 0.15) is 46.0 Å². The van der Waals surface area contributed by atoms with Crippen molar-refractivity contribution in [1.29, 1.82) is 0 Å². The van der Waals surface area contributed by atoms with Gasteiger partial charge in [-0.05, 0) is 45.4 Å². The first-order chi connectivity index (χ1) is 11.7. The third kappa shape index (κ3) is 4.09. The van der Waals surface area contributed by atoms with Gasteiger partial charge < -0.3 is 15.0 Å². The van der Waals surface area contributed by atoms with Crippen LogP contribution in [0.15, 0.2) is 24.3 Å². The van der Waals surface area contributed by atoms with E-state index in [-0.39, 0.29) is 11.5 Å².